The summed E-state index contributed by atoms with van der Waals surface area (Å²) in [6.45, 7) is 6.95. The molecule has 0 saturated carbocycles. The van der Waals surface area contributed by atoms with Crippen molar-refractivity contribution in [3.63, 3.8) is 0 Å². The van der Waals surface area contributed by atoms with Gasteiger partial charge in [-0.05, 0) is 18.8 Å². The molecule has 0 fully saturated rings. The highest BCUT2D eigenvalue weighted by Gasteiger charge is 2.11. The topological polar surface area (TPSA) is 68.1 Å². The van der Waals surface area contributed by atoms with Crippen molar-refractivity contribution in [3.05, 3.63) is 27.9 Å². The summed E-state index contributed by atoms with van der Waals surface area (Å²) in [6.07, 6.45) is 1.71. The maximum absolute atomic E-state index is 10.8. The monoisotopic (exact) mass is 237 g/mol. The molecule has 0 amide bonds. The van der Waals surface area contributed by atoms with E-state index in [1.54, 1.807) is 6.07 Å². The average molecular weight is 237 g/mol. The van der Waals surface area contributed by atoms with E-state index in [4.69, 9.17) is 0 Å². The largest absolute Gasteiger partial charge is 0.370 e. The quantitative estimate of drug-likeness (QED) is 0.610. The summed E-state index contributed by atoms with van der Waals surface area (Å²) in [5.41, 5.74) is 0.877. The van der Waals surface area contributed by atoms with Gasteiger partial charge >= 0.3 is 0 Å². The molecule has 1 aromatic rings. The van der Waals surface area contributed by atoms with Gasteiger partial charge in [0.05, 0.1) is 11.0 Å². The Bertz CT molecular complexity index is 391. The molecule has 5 heteroatoms. The Kier molecular flexibility index (Phi) is 4.87. The summed E-state index contributed by atoms with van der Waals surface area (Å²) in [6, 6.07) is 3.04. The van der Waals surface area contributed by atoms with Gasteiger partial charge in [0.1, 0.15) is 5.82 Å². The van der Waals surface area contributed by atoms with Crippen LogP contribution in [0.2, 0.25) is 0 Å². The molecular formula is C12H19N3O2. The molecule has 0 aromatic carbocycles. The highest BCUT2D eigenvalue weighted by molar-refractivity contribution is 5.46. The van der Waals surface area contributed by atoms with Crippen LogP contribution in [0.25, 0.3) is 0 Å². The van der Waals surface area contributed by atoms with E-state index in [2.05, 4.69) is 24.1 Å². The van der Waals surface area contributed by atoms with E-state index in [0.29, 0.717) is 11.7 Å². The molecule has 0 saturated heterocycles. The van der Waals surface area contributed by atoms with Crippen molar-refractivity contribution >= 4 is 11.5 Å². The van der Waals surface area contributed by atoms with Crippen LogP contribution in [0, 0.1) is 16.0 Å². The number of nitrogens with one attached hydrogen (secondary N) is 1. The fraction of sp³-hybridized carbons (Fsp3) is 0.583. The first kappa shape index (κ1) is 13.4. The molecule has 0 aliphatic carbocycles. The Labute approximate surface area is 101 Å². The van der Waals surface area contributed by atoms with Crippen LogP contribution < -0.4 is 5.32 Å². The third kappa shape index (κ3) is 4.38. The summed E-state index contributed by atoms with van der Waals surface area (Å²) in [5.74, 6) is 1.03. The van der Waals surface area contributed by atoms with E-state index in [1.165, 1.54) is 6.07 Å². The highest BCUT2D eigenvalue weighted by atomic mass is 16.6. The Hall–Kier alpha value is -1.65. The van der Waals surface area contributed by atoms with Crippen molar-refractivity contribution in [2.45, 2.75) is 33.6 Å². The smallest absolute Gasteiger partial charge is 0.274 e. The lowest BCUT2D eigenvalue weighted by atomic mass is 10.1. The Balaban J connectivity index is 2.96. The Morgan fingerprint density at radius 2 is 2.18 bits per heavy atom. The van der Waals surface area contributed by atoms with Crippen LogP contribution >= 0.6 is 0 Å². The average Bonchev–Trinajstić information content (AvgIpc) is 2.25. The second kappa shape index (κ2) is 6.18. The normalized spacial score (nSPS) is 10.6. The molecule has 0 radical (unpaired) electrons. The zero-order valence-electron chi connectivity index (χ0n) is 10.6. The maximum Gasteiger partial charge on any atom is 0.274 e. The molecule has 0 bridgehead atoms. The molecule has 1 aromatic heterocycles. The molecule has 1 rings (SSSR count). The Morgan fingerprint density at radius 3 is 2.71 bits per heavy atom. The van der Waals surface area contributed by atoms with Gasteiger partial charge in [0, 0.05) is 18.3 Å². The maximum atomic E-state index is 10.8. The van der Waals surface area contributed by atoms with Crippen LogP contribution in [0.4, 0.5) is 11.5 Å². The third-order valence-corrected chi connectivity index (χ3v) is 2.25. The van der Waals surface area contributed by atoms with Crippen LogP contribution in [-0.2, 0) is 6.42 Å². The number of hydrogen-bond acceptors (Lipinski definition) is 4. The van der Waals surface area contributed by atoms with Crippen LogP contribution in [0.3, 0.4) is 0 Å². The standard InChI is InChI=1S/C12H19N3O2/c1-4-5-13-12-8-11(15(16)17)7-10(14-12)6-9(2)3/h7-9H,4-6H2,1-3H3,(H,13,14). The van der Waals surface area contributed by atoms with Crippen molar-refractivity contribution in [3.8, 4) is 0 Å². The van der Waals surface area contributed by atoms with E-state index >= 15 is 0 Å². The highest BCUT2D eigenvalue weighted by Crippen LogP contribution is 2.19. The predicted octanol–water partition coefficient (Wildman–Crippen LogP) is 3.01. The zero-order chi connectivity index (χ0) is 12.8. The minimum atomic E-state index is -0.372. The van der Waals surface area contributed by atoms with Gasteiger partial charge in [-0.25, -0.2) is 4.98 Å². The molecule has 0 aliphatic heterocycles. The van der Waals surface area contributed by atoms with Gasteiger partial charge in [0.2, 0.25) is 0 Å². The first-order chi connectivity index (χ1) is 8.02. The van der Waals surface area contributed by atoms with E-state index in [0.717, 1.165) is 25.1 Å². The van der Waals surface area contributed by atoms with Gasteiger partial charge in [-0.1, -0.05) is 20.8 Å². The molecule has 17 heavy (non-hydrogen) atoms. The van der Waals surface area contributed by atoms with Gasteiger partial charge in [-0.3, -0.25) is 10.1 Å². The predicted molar refractivity (Wildman–Crippen MR) is 68.2 cm³/mol. The minimum absolute atomic E-state index is 0.106. The summed E-state index contributed by atoms with van der Waals surface area (Å²) in [4.78, 5) is 14.8. The van der Waals surface area contributed by atoms with Crippen LogP contribution in [0.15, 0.2) is 12.1 Å². The fourth-order valence-electron chi connectivity index (χ4n) is 1.54. The van der Waals surface area contributed by atoms with Crippen molar-refractivity contribution in [2.24, 2.45) is 5.92 Å². The lowest BCUT2D eigenvalue weighted by Crippen LogP contribution is -2.06. The number of nitrogens with zero attached hydrogens (tertiary/aromatic N) is 2. The molecule has 0 aliphatic rings. The SMILES string of the molecule is CCCNc1cc([N+](=O)[O-])cc(CC(C)C)n1. The van der Waals surface area contributed by atoms with Gasteiger partial charge < -0.3 is 5.32 Å². The summed E-state index contributed by atoms with van der Waals surface area (Å²) in [5, 5.41) is 13.9. The van der Waals surface area contributed by atoms with Gasteiger partial charge in [0.15, 0.2) is 0 Å². The number of aromatic nitrogens is 1. The minimum Gasteiger partial charge on any atom is -0.370 e. The zero-order valence-corrected chi connectivity index (χ0v) is 10.6. The lowest BCUT2D eigenvalue weighted by molar-refractivity contribution is -0.384. The van der Waals surface area contributed by atoms with E-state index in [1.807, 2.05) is 6.92 Å². The van der Waals surface area contributed by atoms with E-state index in [9.17, 15) is 10.1 Å². The summed E-state index contributed by atoms with van der Waals surface area (Å²) >= 11 is 0. The first-order valence-electron chi connectivity index (χ1n) is 5.92. The fourth-order valence-corrected chi connectivity index (χ4v) is 1.54. The van der Waals surface area contributed by atoms with E-state index < -0.39 is 0 Å². The number of nitro groups is 1. The second-order valence-corrected chi connectivity index (χ2v) is 4.48. The Morgan fingerprint density at radius 1 is 1.47 bits per heavy atom. The van der Waals surface area contributed by atoms with Crippen molar-refractivity contribution in [1.29, 1.82) is 0 Å². The van der Waals surface area contributed by atoms with Gasteiger partial charge in [-0.2, -0.15) is 0 Å². The van der Waals surface area contributed by atoms with Crippen molar-refractivity contribution in [2.75, 3.05) is 11.9 Å². The number of pyridine rings is 1. The number of rotatable bonds is 6. The number of anilines is 1. The summed E-state index contributed by atoms with van der Waals surface area (Å²) in [7, 11) is 0. The molecular weight excluding hydrogens is 218 g/mol. The van der Waals surface area contributed by atoms with Gasteiger partial charge in [-0.15, -0.1) is 0 Å². The number of hydrogen-bond donors (Lipinski definition) is 1. The van der Waals surface area contributed by atoms with Crippen molar-refractivity contribution in [1.82, 2.24) is 4.98 Å². The van der Waals surface area contributed by atoms with Crippen LogP contribution in [0.5, 0.6) is 0 Å². The first-order valence-corrected chi connectivity index (χ1v) is 5.92. The molecule has 1 heterocycles. The van der Waals surface area contributed by atoms with Gasteiger partial charge in [0.25, 0.3) is 5.69 Å². The molecule has 0 spiro atoms. The molecule has 0 atom stereocenters. The molecule has 1 N–H and O–H groups in total. The molecule has 94 valence electrons. The van der Waals surface area contributed by atoms with Crippen LogP contribution in [0.1, 0.15) is 32.9 Å². The van der Waals surface area contributed by atoms with Crippen LogP contribution in [-0.4, -0.2) is 16.5 Å². The van der Waals surface area contributed by atoms with E-state index in [-0.39, 0.29) is 10.6 Å². The van der Waals surface area contributed by atoms with Crippen molar-refractivity contribution < 1.29 is 4.92 Å². The third-order valence-electron chi connectivity index (χ3n) is 2.25. The lowest BCUT2D eigenvalue weighted by Gasteiger charge is -2.08. The second-order valence-electron chi connectivity index (χ2n) is 4.48. The molecule has 5 nitrogen and oxygen atoms in total. The summed E-state index contributed by atoms with van der Waals surface area (Å²) < 4.78 is 0. The molecule has 0 unspecified atom stereocenters.